The summed E-state index contributed by atoms with van der Waals surface area (Å²) in [7, 11) is 3.19. The molecular formula is C26H32O6. The van der Waals surface area contributed by atoms with Crippen LogP contribution in [0.5, 0.6) is 17.2 Å². The summed E-state index contributed by atoms with van der Waals surface area (Å²) in [4.78, 5) is 25.5. The van der Waals surface area contributed by atoms with Gasteiger partial charge in [0.1, 0.15) is 5.75 Å². The van der Waals surface area contributed by atoms with E-state index in [4.69, 9.17) is 18.9 Å². The number of benzene rings is 2. The lowest BCUT2D eigenvalue weighted by molar-refractivity contribution is -0.147. The predicted molar refractivity (Wildman–Crippen MR) is 122 cm³/mol. The Bertz CT molecular complexity index is 899. The molecule has 0 aromatic heterocycles. The van der Waals surface area contributed by atoms with Crippen LogP contribution in [-0.2, 0) is 16.0 Å². The topological polar surface area (TPSA) is 71.1 Å². The second kappa shape index (κ2) is 11.6. The van der Waals surface area contributed by atoms with E-state index in [0.29, 0.717) is 29.2 Å². The van der Waals surface area contributed by atoms with Crippen molar-refractivity contribution in [1.29, 1.82) is 0 Å². The molecule has 0 spiro atoms. The fourth-order valence-corrected chi connectivity index (χ4v) is 4.03. The zero-order valence-corrected chi connectivity index (χ0v) is 19.1. The first-order chi connectivity index (χ1) is 15.5. The van der Waals surface area contributed by atoms with Crippen LogP contribution in [0.1, 0.15) is 54.9 Å². The molecule has 1 fully saturated rings. The molecule has 6 nitrogen and oxygen atoms in total. The number of hydrogen-bond donors (Lipinski definition) is 0. The average Bonchev–Trinajstić information content (AvgIpc) is 3.32. The minimum Gasteiger partial charge on any atom is -0.497 e. The Labute approximate surface area is 189 Å². The molecule has 0 saturated heterocycles. The maximum atomic E-state index is 12.9. The molecule has 1 saturated carbocycles. The van der Waals surface area contributed by atoms with Gasteiger partial charge in [-0.1, -0.05) is 6.07 Å². The van der Waals surface area contributed by atoms with Gasteiger partial charge < -0.3 is 18.9 Å². The molecule has 0 N–H and O–H groups in total. The molecule has 1 unspecified atom stereocenters. The molecule has 32 heavy (non-hydrogen) atoms. The van der Waals surface area contributed by atoms with E-state index in [2.05, 4.69) is 0 Å². The van der Waals surface area contributed by atoms with Crippen LogP contribution in [0.3, 0.4) is 0 Å². The van der Waals surface area contributed by atoms with E-state index >= 15 is 0 Å². The third-order valence-corrected chi connectivity index (χ3v) is 5.77. The van der Waals surface area contributed by atoms with Crippen LogP contribution in [0.15, 0.2) is 42.5 Å². The molecule has 0 radical (unpaired) electrons. The summed E-state index contributed by atoms with van der Waals surface area (Å²) in [5.41, 5.74) is 1.44. The van der Waals surface area contributed by atoms with Crippen LogP contribution in [-0.4, -0.2) is 38.7 Å². The lowest BCUT2D eigenvalue weighted by Crippen LogP contribution is -2.23. The largest absolute Gasteiger partial charge is 0.497 e. The van der Waals surface area contributed by atoms with Gasteiger partial charge in [-0.2, -0.15) is 0 Å². The zero-order valence-electron chi connectivity index (χ0n) is 19.1. The van der Waals surface area contributed by atoms with Gasteiger partial charge in [0, 0.05) is 12.0 Å². The Morgan fingerprint density at radius 2 is 1.69 bits per heavy atom. The van der Waals surface area contributed by atoms with Gasteiger partial charge >= 0.3 is 5.97 Å². The highest BCUT2D eigenvalue weighted by atomic mass is 16.5. The number of ether oxygens (including phenoxy) is 4. The van der Waals surface area contributed by atoms with Crippen molar-refractivity contribution < 1.29 is 28.5 Å². The quantitative estimate of drug-likeness (QED) is 0.361. The molecule has 6 heteroatoms. The first kappa shape index (κ1) is 23.6. The summed E-state index contributed by atoms with van der Waals surface area (Å²) >= 11 is 0. The molecule has 0 aliphatic heterocycles. The number of rotatable bonds is 11. The number of esters is 1. The molecule has 0 amide bonds. The fourth-order valence-electron chi connectivity index (χ4n) is 4.03. The van der Waals surface area contributed by atoms with Gasteiger partial charge in [0.2, 0.25) is 0 Å². The van der Waals surface area contributed by atoms with Crippen LogP contribution >= 0.6 is 0 Å². The Morgan fingerprint density at radius 1 is 0.969 bits per heavy atom. The van der Waals surface area contributed by atoms with Crippen molar-refractivity contribution in [3.05, 3.63) is 53.6 Å². The van der Waals surface area contributed by atoms with Crippen molar-refractivity contribution in [3.8, 4) is 17.2 Å². The van der Waals surface area contributed by atoms with Gasteiger partial charge in [-0.15, -0.1) is 0 Å². The predicted octanol–water partition coefficient (Wildman–Crippen LogP) is 5.02. The van der Waals surface area contributed by atoms with Gasteiger partial charge in [0.05, 0.1) is 32.8 Å². The molecule has 2 aromatic carbocycles. The van der Waals surface area contributed by atoms with E-state index in [1.54, 1.807) is 45.4 Å². The molecule has 172 valence electrons. The van der Waals surface area contributed by atoms with Crippen molar-refractivity contribution in [2.24, 2.45) is 5.92 Å². The summed E-state index contributed by atoms with van der Waals surface area (Å²) in [5.74, 6) is 0.961. The zero-order chi connectivity index (χ0) is 22.9. The van der Waals surface area contributed by atoms with Crippen LogP contribution in [0.2, 0.25) is 0 Å². The standard InChI is InChI=1S/C26H32O6/c1-4-31-26(28)20(17-23(27)19-10-12-21(29-2)13-11-19)15-18-9-14-24(30-3)25(16-18)32-22-7-5-6-8-22/h9-14,16,20,22H,4-8,15,17H2,1-3H3. The van der Waals surface area contributed by atoms with Gasteiger partial charge in [0.15, 0.2) is 17.3 Å². The van der Waals surface area contributed by atoms with Gasteiger partial charge in [-0.05, 0) is 81.0 Å². The van der Waals surface area contributed by atoms with Gasteiger partial charge in [-0.25, -0.2) is 0 Å². The summed E-state index contributed by atoms with van der Waals surface area (Å²) in [6, 6.07) is 12.6. The smallest absolute Gasteiger partial charge is 0.309 e. The summed E-state index contributed by atoms with van der Waals surface area (Å²) in [6.07, 6.45) is 5.05. The Kier molecular flexibility index (Phi) is 8.54. The maximum absolute atomic E-state index is 12.9. The second-order valence-electron chi connectivity index (χ2n) is 8.02. The summed E-state index contributed by atoms with van der Waals surface area (Å²) in [6.45, 7) is 2.03. The average molecular weight is 441 g/mol. The molecule has 1 atom stereocenters. The van der Waals surface area contributed by atoms with E-state index in [0.717, 1.165) is 18.4 Å². The molecular weight excluding hydrogens is 408 g/mol. The SMILES string of the molecule is CCOC(=O)C(CC(=O)c1ccc(OC)cc1)Cc1ccc(OC)c(OC2CCCC2)c1. The lowest BCUT2D eigenvalue weighted by atomic mass is 9.92. The highest BCUT2D eigenvalue weighted by molar-refractivity contribution is 5.98. The van der Waals surface area contributed by atoms with Gasteiger partial charge in [-0.3, -0.25) is 9.59 Å². The molecule has 2 aromatic rings. The first-order valence-corrected chi connectivity index (χ1v) is 11.2. The number of methoxy groups -OCH3 is 2. The minimum absolute atomic E-state index is 0.0655. The molecule has 0 heterocycles. The van der Waals surface area contributed by atoms with Crippen molar-refractivity contribution in [3.63, 3.8) is 0 Å². The Hall–Kier alpha value is -3.02. The van der Waals surface area contributed by atoms with Crippen LogP contribution < -0.4 is 14.2 Å². The van der Waals surface area contributed by atoms with Crippen molar-refractivity contribution in [1.82, 2.24) is 0 Å². The fraction of sp³-hybridized carbons (Fsp3) is 0.462. The minimum atomic E-state index is -0.586. The van der Waals surface area contributed by atoms with E-state index in [1.807, 2.05) is 18.2 Å². The van der Waals surface area contributed by atoms with Crippen LogP contribution in [0, 0.1) is 5.92 Å². The summed E-state index contributed by atoms with van der Waals surface area (Å²) < 4.78 is 22.1. The first-order valence-electron chi connectivity index (χ1n) is 11.2. The third kappa shape index (κ3) is 6.25. The van der Waals surface area contributed by atoms with Crippen LogP contribution in [0.25, 0.3) is 0 Å². The van der Waals surface area contributed by atoms with E-state index < -0.39 is 5.92 Å². The summed E-state index contributed by atoms with van der Waals surface area (Å²) in [5, 5.41) is 0. The lowest BCUT2D eigenvalue weighted by Gasteiger charge is -2.19. The number of carbonyl (C=O) groups is 2. The molecule has 1 aliphatic rings. The number of hydrogen-bond acceptors (Lipinski definition) is 6. The maximum Gasteiger partial charge on any atom is 0.309 e. The third-order valence-electron chi connectivity index (χ3n) is 5.77. The van der Waals surface area contributed by atoms with Crippen molar-refractivity contribution >= 4 is 11.8 Å². The van der Waals surface area contributed by atoms with Gasteiger partial charge in [0.25, 0.3) is 0 Å². The monoisotopic (exact) mass is 440 g/mol. The van der Waals surface area contributed by atoms with Crippen molar-refractivity contribution in [2.45, 2.75) is 51.6 Å². The van der Waals surface area contributed by atoms with E-state index in [1.165, 1.54) is 12.8 Å². The second-order valence-corrected chi connectivity index (χ2v) is 8.02. The van der Waals surface area contributed by atoms with Crippen LogP contribution in [0.4, 0.5) is 0 Å². The normalized spacial score (nSPS) is 14.6. The number of ketones is 1. The Balaban J connectivity index is 1.76. The van der Waals surface area contributed by atoms with Crippen molar-refractivity contribution in [2.75, 3.05) is 20.8 Å². The molecule has 0 bridgehead atoms. The number of carbonyl (C=O) groups excluding carboxylic acids is 2. The highest BCUT2D eigenvalue weighted by Crippen LogP contribution is 2.33. The molecule has 3 rings (SSSR count). The number of Topliss-reactive ketones (excluding diaryl/α,β-unsaturated/α-hetero) is 1. The molecule has 1 aliphatic carbocycles. The highest BCUT2D eigenvalue weighted by Gasteiger charge is 2.25. The van der Waals surface area contributed by atoms with E-state index in [9.17, 15) is 9.59 Å². The Morgan fingerprint density at radius 3 is 2.31 bits per heavy atom. The van der Waals surface area contributed by atoms with E-state index in [-0.39, 0.29) is 30.9 Å².